The zero-order valence-corrected chi connectivity index (χ0v) is 18.2. The summed E-state index contributed by atoms with van der Waals surface area (Å²) in [7, 11) is 0. The van der Waals surface area contributed by atoms with Gasteiger partial charge in [0.05, 0.1) is 11.3 Å². The van der Waals surface area contributed by atoms with Crippen molar-refractivity contribution in [3.8, 4) is 11.8 Å². The number of anilines is 1. The highest BCUT2D eigenvalue weighted by Gasteiger charge is 2.15. The molecule has 0 aliphatic heterocycles. The number of amides is 1. The van der Waals surface area contributed by atoms with E-state index in [1.165, 1.54) is 24.3 Å². The molecule has 4 aromatic rings. The Hall–Kier alpha value is -4.63. The lowest BCUT2D eigenvalue weighted by Crippen LogP contribution is -2.13. The second-order valence-electron chi connectivity index (χ2n) is 7.67. The summed E-state index contributed by atoms with van der Waals surface area (Å²) in [5, 5.41) is 23.5. The van der Waals surface area contributed by atoms with Crippen molar-refractivity contribution in [1.29, 1.82) is 5.26 Å². The molecule has 6 heteroatoms. The number of aromatic nitrogens is 1. The minimum absolute atomic E-state index is 0.0459. The molecule has 0 fully saturated rings. The maximum Gasteiger partial charge on any atom is 0.335 e. The first kappa shape index (κ1) is 21.6. The highest BCUT2D eigenvalue weighted by atomic mass is 16.4. The first-order chi connectivity index (χ1) is 15.9. The van der Waals surface area contributed by atoms with E-state index in [9.17, 15) is 14.9 Å². The standard InChI is InChI=1S/C27H21N3O3/c1-17-14-21(18(2)30(17)25-9-5-7-19-6-3-4-8-24(19)25)15-22(16-28)26(31)29-23-12-10-20(11-13-23)27(32)33/h3-15H,1-2H3,(H,29,31)(H,32,33)/b22-15+. The van der Waals surface area contributed by atoms with Crippen LogP contribution in [0.4, 0.5) is 5.69 Å². The van der Waals surface area contributed by atoms with Crippen LogP contribution in [-0.4, -0.2) is 21.6 Å². The number of fused-ring (bicyclic) bond motifs is 1. The van der Waals surface area contributed by atoms with E-state index >= 15 is 0 Å². The molecule has 0 spiro atoms. The quantitative estimate of drug-likeness (QED) is 0.320. The molecule has 33 heavy (non-hydrogen) atoms. The lowest BCUT2D eigenvalue weighted by Gasteiger charge is -2.13. The molecule has 0 unspecified atom stereocenters. The molecule has 0 atom stereocenters. The number of hydrogen-bond donors (Lipinski definition) is 2. The van der Waals surface area contributed by atoms with Crippen LogP contribution in [0.2, 0.25) is 0 Å². The monoisotopic (exact) mass is 435 g/mol. The highest BCUT2D eigenvalue weighted by molar-refractivity contribution is 6.10. The van der Waals surface area contributed by atoms with E-state index in [-0.39, 0.29) is 11.1 Å². The largest absolute Gasteiger partial charge is 0.478 e. The number of nitriles is 1. The normalized spacial score (nSPS) is 11.2. The minimum Gasteiger partial charge on any atom is -0.478 e. The van der Waals surface area contributed by atoms with Crippen LogP contribution in [0.1, 0.15) is 27.3 Å². The van der Waals surface area contributed by atoms with E-state index in [2.05, 4.69) is 34.1 Å². The third-order valence-corrected chi connectivity index (χ3v) is 5.53. The molecule has 1 heterocycles. The number of carbonyl (C=O) groups is 2. The van der Waals surface area contributed by atoms with Gasteiger partial charge < -0.3 is 15.0 Å². The number of carbonyl (C=O) groups excluding carboxylic acids is 1. The minimum atomic E-state index is -1.05. The number of nitrogens with zero attached hydrogens (tertiary/aromatic N) is 2. The third kappa shape index (κ3) is 4.25. The van der Waals surface area contributed by atoms with Crippen molar-refractivity contribution in [2.24, 2.45) is 0 Å². The summed E-state index contributed by atoms with van der Waals surface area (Å²) >= 11 is 0. The van der Waals surface area contributed by atoms with Gasteiger partial charge in [-0.05, 0) is 67.3 Å². The molecular weight excluding hydrogens is 414 g/mol. The molecule has 0 aliphatic carbocycles. The van der Waals surface area contributed by atoms with Gasteiger partial charge in [0.15, 0.2) is 0 Å². The summed E-state index contributed by atoms with van der Waals surface area (Å²) < 4.78 is 2.12. The molecule has 162 valence electrons. The average molecular weight is 435 g/mol. The molecule has 4 rings (SSSR count). The lowest BCUT2D eigenvalue weighted by molar-refractivity contribution is -0.112. The van der Waals surface area contributed by atoms with Crippen molar-refractivity contribution in [2.45, 2.75) is 13.8 Å². The van der Waals surface area contributed by atoms with Crippen LogP contribution in [0.3, 0.4) is 0 Å². The van der Waals surface area contributed by atoms with E-state index in [0.29, 0.717) is 5.69 Å². The van der Waals surface area contributed by atoms with Gasteiger partial charge in [-0.2, -0.15) is 5.26 Å². The Morgan fingerprint density at radius 3 is 2.39 bits per heavy atom. The lowest BCUT2D eigenvalue weighted by atomic mass is 10.1. The Morgan fingerprint density at radius 2 is 1.70 bits per heavy atom. The number of hydrogen-bond acceptors (Lipinski definition) is 3. The van der Waals surface area contributed by atoms with Crippen LogP contribution in [0.25, 0.3) is 22.5 Å². The molecule has 0 radical (unpaired) electrons. The Morgan fingerprint density at radius 1 is 1.00 bits per heavy atom. The molecular formula is C27H21N3O3. The number of carboxylic acids is 1. The SMILES string of the molecule is Cc1cc(/C=C(\C#N)C(=O)Nc2ccc(C(=O)O)cc2)c(C)n1-c1cccc2ccccc12. The van der Waals surface area contributed by atoms with Crippen LogP contribution in [0.15, 0.2) is 78.4 Å². The van der Waals surface area contributed by atoms with E-state index in [1.54, 1.807) is 6.08 Å². The first-order valence-corrected chi connectivity index (χ1v) is 10.3. The number of nitrogens with one attached hydrogen (secondary N) is 1. The maximum atomic E-state index is 12.7. The van der Waals surface area contributed by atoms with Crippen LogP contribution in [0.5, 0.6) is 0 Å². The molecule has 6 nitrogen and oxygen atoms in total. The van der Waals surface area contributed by atoms with Crippen molar-refractivity contribution in [2.75, 3.05) is 5.32 Å². The second kappa shape index (κ2) is 8.85. The second-order valence-corrected chi connectivity index (χ2v) is 7.67. The zero-order chi connectivity index (χ0) is 23.5. The first-order valence-electron chi connectivity index (χ1n) is 10.3. The zero-order valence-electron chi connectivity index (χ0n) is 18.2. The van der Waals surface area contributed by atoms with Gasteiger partial charge in [0.1, 0.15) is 11.6 Å². The molecule has 1 aromatic heterocycles. The Bertz CT molecular complexity index is 1450. The van der Waals surface area contributed by atoms with Gasteiger partial charge in [0.2, 0.25) is 0 Å². The van der Waals surface area contributed by atoms with Crippen LogP contribution >= 0.6 is 0 Å². The van der Waals surface area contributed by atoms with E-state index in [1.807, 2.05) is 44.2 Å². The van der Waals surface area contributed by atoms with Crippen molar-refractivity contribution < 1.29 is 14.7 Å². The molecule has 2 N–H and O–H groups in total. The van der Waals surface area contributed by atoms with E-state index < -0.39 is 11.9 Å². The topological polar surface area (TPSA) is 95.1 Å². The van der Waals surface area contributed by atoms with Gasteiger partial charge in [-0.25, -0.2) is 4.79 Å². The maximum absolute atomic E-state index is 12.7. The fraction of sp³-hybridized carbons (Fsp3) is 0.0741. The number of carboxylic acid groups (broad SMARTS) is 1. The summed E-state index contributed by atoms with van der Waals surface area (Å²) in [6.07, 6.45) is 1.57. The fourth-order valence-corrected chi connectivity index (χ4v) is 3.91. The summed E-state index contributed by atoms with van der Waals surface area (Å²) in [5.74, 6) is -1.61. The smallest absolute Gasteiger partial charge is 0.335 e. The number of aromatic carboxylic acids is 1. The van der Waals surface area contributed by atoms with Crippen LogP contribution in [-0.2, 0) is 4.79 Å². The molecule has 0 saturated heterocycles. The van der Waals surface area contributed by atoms with Gasteiger partial charge in [0, 0.05) is 22.5 Å². The van der Waals surface area contributed by atoms with Crippen molar-refractivity contribution >= 4 is 34.4 Å². The predicted octanol–water partition coefficient (Wildman–Crippen LogP) is 5.49. The van der Waals surface area contributed by atoms with Crippen LogP contribution in [0, 0.1) is 25.2 Å². The molecule has 0 saturated carbocycles. The highest BCUT2D eigenvalue weighted by Crippen LogP contribution is 2.28. The third-order valence-electron chi connectivity index (χ3n) is 5.53. The Balaban J connectivity index is 1.67. The average Bonchev–Trinajstić information content (AvgIpc) is 3.09. The van der Waals surface area contributed by atoms with Gasteiger partial charge in [-0.15, -0.1) is 0 Å². The number of aryl methyl sites for hydroxylation is 1. The molecule has 0 aliphatic rings. The molecule has 3 aromatic carbocycles. The van der Waals surface area contributed by atoms with E-state index in [4.69, 9.17) is 5.11 Å². The Labute approximate surface area is 191 Å². The van der Waals surface area contributed by atoms with Gasteiger partial charge in [0.25, 0.3) is 5.91 Å². The molecule has 1 amide bonds. The van der Waals surface area contributed by atoms with Crippen molar-refractivity contribution in [1.82, 2.24) is 4.57 Å². The summed E-state index contributed by atoms with van der Waals surface area (Å²) in [4.78, 5) is 23.7. The van der Waals surface area contributed by atoms with Crippen LogP contribution < -0.4 is 5.32 Å². The van der Waals surface area contributed by atoms with Gasteiger partial charge in [-0.3, -0.25) is 4.79 Å². The predicted molar refractivity (Wildman–Crippen MR) is 128 cm³/mol. The summed E-state index contributed by atoms with van der Waals surface area (Å²) in [5.41, 5.74) is 4.18. The Kier molecular flexibility index (Phi) is 5.79. The van der Waals surface area contributed by atoms with Gasteiger partial charge in [-0.1, -0.05) is 36.4 Å². The fourth-order valence-electron chi connectivity index (χ4n) is 3.91. The van der Waals surface area contributed by atoms with Crippen molar-refractivity contribution in [3.63, 3.8) is 0 Å². The summed E-state index contributed by atoms with van der Waals surface area (Å²) in [6, 6.07) is 24.0. The number of benzene rings is 3. The van der Waals surface area contributed by atoms with Crippen molar-refractivity contribution in [3.05, 3.63) is 101 Å². The number of rotatable bonds is 5. The van der Waals surface area contributed by atoms with Gasteiger partial charge >= 0.3 is 5.97 Å². The van der Waals surface area contributed by atoms with E-state index in [0.717, 1.165) is 33.4 Å². The summed E-state index contributed by atoms with van der Waals surface area (Å²) in [6.45, 7) is 3.94. The molecule has 0 bridgehead atoms.